The molecular formula is C18H38N2. The summed E-state index contributed by atoms with van der Waals surface area (Å²) < 4.78 is 0. The molecule has 0 aromatic rings. The third kappa shape index (κ3) is 7.08. The van der Waals surface area contributed by atoms with Crippen molar-refractivity contribution >= 4 is 0 Å². The van der Waals surface area contributed by atoms with E-state index in [9.17, 15) is 0 Å². The highest BCUT2D eigenvalue weighted by Gasteiger charge is 2.17. The largest absolute Gasteiger partial charge is 0.313 e. The van der Waals surface area contributed by atoms with Crippen LogP contribution in [0.15, 0.2) is 0 Å². The van der Waals surface area contributed by atoms with Gasteiger partial charge in [0.15, 0.2) is 0 Å². The van der Waals surface area contributed by atoms with Crippen LogP contribution < -0.4 is 5.32 Å². The first-order valence-corrected chi connectivity index (χ1v) is 9.14. The number of rotatable bonds is 9. The standard InChI is InChI=1S/C18H38N2/c1-5-18(6-2)20(15-16(3)4)14-13-19-17-11-9-7-8-10-12-17/h16-19H,5-15H2,1-4H3. The topological polar surface area (TPSA) is 15.3 Å². The molecule has 1 rings (SSSR count). The molecule has 0 unspecified atom stereocenters. The van der Waals surface area contributed by atoms with Gasteiger partial charge in [0.05, 0.1) is 0 Å². The summed E-state index contributed by atoms with van der Waals surface area (Å²) in [7, 11) is 0. The molecule has 0 bridgehead atoms. The Kier molecular flexibility index (Phi) is 9.54. The quantitative estimate of drug-likeness (QED) is 0.629. The van der Waals surface area contributed by atoms with E-state index in [0.29, 0.717) is 0 Å². The molecule has 1 aliphatic rings. The molecule has 0 aromatic carbocycles. The molecule has 1 N–H and O–H groups in total. The van der Waals surface area contributed by atoms with E-state index in [1.165, 1.54) is 71.0 Å². The predicted molar refractivity (Wildman–Crippen MR) is 90.3 cm³/mol. The lowest BCUT2D eigenvalue weighted by Gasteiger charge is -2.32. The molecule has 120 valence electrons. The van der Waals surface area contributed by atoms with Crippen molar-refractivity contribution in [2.24, 2.45) is 5.92 Å². The molecule has 0 aliphatic heterocycles. The first-order valence-electron chi connectivity index (χ1n) is 9.14. The third-order valence-corrected chi connectivity index (χ3v) is 4.75. The maximum absolute atomic E-state index is 3.83. The average molecular weight is 283 g/mol. The van der Waals surface area contributed by atoms with Gasteiger partial charge in [-0.1, -0.05) is 53.4 Å². The van der Waals surface area contributed by atoms with Crippen LogP contribution in [-0.4, -0.2) is 36.6 Å². The van der Waals surface area contributed by atoms with Crippen LogP contribution >= 0.6 is 0 Å². The van der Waals surface area contributed by atoms with Crippen molar-refractivity contribution in [2.45, 2.75) is 91.1 Å². The Labute approximate surface area is 127 Å². The zero-order valence-corrected chi connectivity index (χ0v) is 14.5. The summed E-state index contributed by atoms with van der Waals surface area (Å²) in [4.78, 5) is 2.72. The van der Waals surface area contributed by atoms with Crippen LogP contribution in [0.25, 0.3) is 0 Å². The molecule has 1 saturated carbocycles. The maximum Gasteiger partial charge on any atom is 0.0110 e. The van der Waals surface area contributed by atoms with Gasteiger partial charge in [0.1, 0.15) is 0 Å². The minimum Gasteiger partial charge on any atom is -0.313 e. The smallest absolute Gasteiger partial charge is 0.0110 e. The summed E-state index contributed by atoms with van der Waals surface area (Å²) in [5.41, 5.74) is 0. The van der Waals surface area contributed by atoms with Crippen molar-refractivity contribution in [3.63, 3.8) is 0 Å². The summed E-state index contributed by atoms with van der Waals surface area (Å²) >= 11 is 0. The summed E-state index contributed by atoms with van der Waals surface area (Å²) in [6.45, 7) is 13.0. The molecule has 0 heterocycles. The van der Waals surface area contributed by atoms with E-state index in [4.69, 9.17) is 0 Å². The van der Waals surface area contributed by atoms with Gasteiger partial charge in [0, 0.05) is 31.7 Å². The van der Waals surface area contributed by atoms with E-state index in [0.717, 1.165) is 18.0 Å². The first-order chi connectivity index (χ1) is 9.67. The Morgan fingerprint density at radius 1 is 1.00 bits per heavy atom. The molecule has 0 amide bonds. The fraction of sp³-hybridized carbons (Fsp3) is 1.00. The van der Waals surface area contributed by atoms with Crippen molar-refractivity contribution in [1.82, 2.24) is 10.2 Å². The van der Waals surface area contributed by atoms with E-state index in [1.807, 2.05) is 0 Å². The van der Waals surface area contributed by atoms with Crippen molar-refractivity contribution < 1.29 is 0 Å². The Hall–Kier alpha value is -0.0800. The molecule has 2 heteroatoms. The highest BCUT2D eigenvalue weighted by Crippen LogP contribution is 2.17. The lowest BCUT2D eigenvalue weighted by Crippen LogP contribution is -2.43. The highest BCUT2D eigenvalue weighted by atomic mass is 15.2. The van der Waals surface area contributed by atoms with Crippen LogP contribution in [0.5, 0.6) is 0 Å². The second-order valence-corrected chi connectivity index (χ2v) is 7.00. The van der Waals surface area contributed by atoms with Crippen molar-refractivity contribution in [3.05, 3.63) is 0 Å². The SMILES string of the molecule is CCC(CC)N(CCNC1CCCCCC1)CC(C)C. The van der Waals surface area contributed by atoms with Crippen molar-refractivity contribution in [1.29, 1.82) is 0 Å². The Morgan fingerprint density at radius 3 is 2.10 bits per heavy atom. The molecule has 0 aromatic heterocycles. The van der Waals surface area contributed by atoms with E-state index in [2.05, 4.69) is 37.9 Å². The van der Waals surface area contributed by atoms with Crippen LogP contribution in [0.2, 0.25) is 0 Å². The fourth-order valence-corrected chi connectivity index (χ4v) is 3.59. The average Bonchev–Trinajstić information content (AvgIpc) is 2.68. The van der Waals surface area contributed by atoms with E-state index in [-0.39, 0.29) is 0 Å². The second kappa shape index (κ2) is 10.6. The van der Waals surface area contributed by atoms with Crippen LogP contribution in [0.1, 0.15) is 79.1 Å². The molecule has 2 nitrogen and oxygen atoms in total. The van der Waals surface area contributed by atoms with E-state index < -0.39 is 0 Å². The van der Waals surface area contributed by atoms with E-state index in [1.54, 1.807) is 0 Å². The van der Waals surface area contributed by atoms with Gasteiger partial charge >= 0.3 is 0 Å². The predicted octanol–water partition coefficient (Wildman–Crippen LogP) is 4.45. The van der Waals surface area contributed by atoms with Gasteiger partial charge in [0.25, 0.3) is 0 Å². The molecule has 1 aliphatic carbocycles. The van der Waals surface area contributed by atoms with Gasteiger partial charge in [0.2, 0.25) is 0 Å². The van der Waals surface area contributed by atoms with Crippen molar-refractivity contribution in [3.8, 4) is 0 Å². The number of nitrogens with one attached hydrogen (secondary N) is 1. The maximum atomic E-state index is 3.83. The number of hydrogen-bond acceptors (Lipinski definition) is 2. The van der Waals surface area contributed by atoms with Crippen LogP contribution in [-0.2, 0) is 0 Å². The van der Waals surface area contributed by atoms with Crippen molar-refractivity contribution in [2.75, 3.05) is 19.6 Å². The lowest BCUT2D eigenvalue weighted by atomic mass is 10.1. The summed E-state index contributed by atoms with van der Waals surface area (Å²) in [6, 6.07) is 1.56. The van der Waals surface area contributed by atoms with Gasteiger partial charge in [-0.05, 0) is 31.6 Å². The first kappa shape index (κ1) is 18.0. The van der Waals surface area contributed by atoms with Crippen LogP contribution in [0.3, 0.4) is 0 Å². The van der Waals surface area contributed by atoms with E-state index >= 15 is 0 Å². The number of hydrogen-bond donors (Lipinski definition) is 1. The second-order valence-electron chi connectivity index (χ2n) is 7.00. The summed E-state index contributed by atoms with van der Waals surface area (Å²) in [5.74, 6) is 0.772. The lowest BCUT2D eigenvalue weighted by molar-refractivity contribution is 0.164. The van der Waals surface area contributed by atoms with Crippen LogP contribution in [0, 0.1) is 5.92 Å². The molecule has 0 atom stereocenters. The Bertz CT molecular complexity index is 215. The zero-order valence-electron chi connectivity index (χ0n) is 14.5. The molecule has 0 spiro atoms. The molecular weight excluding hydrogens is 244 g/mol. The molecule has 0 radical (unpaired) electrons. The molecule has 20 heavy (non-hydrogen) atoms. The van der Waals surface area contributed by atoms with Gasteiger partial charge < -0.3 is 5.32 Å². The zero-order chi connectivity index (χ0) is 14.8. The summed E-state index contributed by atoms with van der Waals surface area (Å²) in [6.07, 6.45) is 11.1. The normalized spacial score (nSPS) is 18.1. The fourth-order valence-electron chi connectivity index (χ4n) is 3.59. The Balaban J connectivity index is 2.32. The van der Waals surface area contributed by atoms with Gasteiger partial charge in [-0.25, -0.2) is 0 Å². The monoisotopic (exact) mass is 282 g/mol. The minimum absolute atomic E-state index is 0.772. The summed E-state index contributed by atoms with van der Waals surface area (Å²) in [5, 5.41) is 3.83. The van der Waals surface area contributed by atoms with Gasteiger partial charge in [-0.15, -0.1) is 0 Å². The molecule has 0 saturated heterocycles. The minimum atomic E-state index is 0.772. The van der Waals surface area contributed by atoms with Crippen LogP contribution in [0.4, 0.5) is 0 Å². The highest BCUT2D eigenvalue weighted by molar-refractivity contribution is 4.75. The van der Waals surface area contributed by atoms with Gasteiger partial charge in [-0.2, -0.15) is 0 Å². The Morgan fingerprint density at radius 2 is 1.60 bits per heavy atom. The number of nitrogens with zero attached hydrogens (tertiary/aromatic N) is 1. The third-order valence-electron chi connectivity index (χ3n) is 4.75. The van der Waals surface area contributed by atoms with Gasteiger partial charge in [-0.3, -0.25) is 4.90 Å². The molecule has 1 fully saturated rings.